The summed E-state index contributed by atoms with van der Waals surface area (Å²) in [6.45, 7) is 1.86. The van der Waals surface area contributed by atoms with Crippen LogP contribution in [0.1, 0.15) is 53.0 Å². The van der Waals surface area contributed by atoms with Gasteiger partial charge in [-0.15, -0.1) is 0 Å². The highest BCUT2D eigenvalue weighted by Gasteiger charge is 2.26. The number of primary amides is 1. The Bertz CT molecular complexity index is 1190. The summed E-state index contributed by atoms with van der Waals surface area (Å²) in [5.74, 6) is 5.62. The quantitative estimate of drug-likeness (QED) is 0.520. The van der Waals surface area contributed by atoms with Crippen LogP contribution < -0.4 is 10.5 Å². The van der Waals surface area contributed by atoms with Crippen LogP contribution in [0.25, 0.3) is 5.69 Å². The van der Waals surface area contributed by atoms with Crippen LogP contribution in [0.5, 0.6) is 5.75 Å². The number of thioether (sulfide) groups is 1. The average molecular weight is 463 g/mol. The molecule has 7 nitrogen and oxygen atoms in total. The molecule has 1 saturated carbocycles. The van der Waals surface area contributed by atoms with E-state index in [0.29, 0.717) is 16.7 Å². The minimum Gasteiger partial charge on any atom is -0.487 e. The first-order valence-electron chi connectivity index (χ1n) is 10.9. The molecule has 3 aromatic rings. The molecule has 2 heterocycles. The number of carbonyl (C=O) groups is 1. The van der Waals surface area contributed by atoms with Gasteiger partial charge in [0.2, 0.25) is 0 Å². The zero-order valence-corrected chi connectivity index (χ0v) is 19.3. The van der Waals surface area contributed by atoms with E-state index >= 15 is 0 Å². The summed E-state index contributed by atoms with van der Waals surface area (Å²) in [7, 11) is 0. The Morgan fingerprint density at radius 2 is 2.15 bits per heavy atom. The van der Waals surface area contributed by atoms with Crippen LogP contribution in [-0.2, 0) is 6.61 Å². The van der Waals surface area contributed by atoms with Crippen molar-refractivity contribution < 1.29 is 14.6 Å². The summed E-state index contributed by atoms with van der Waals surface area (Å²) < 4.78 is 8.01. The van der Waals surface area contributed by atoms with Crippen molar-refractivity contribution in [1.82, 2.24) is 14.5 Å². The maximum atomic E-state index is 12.3. The second-order valence-corrected chi connectivity index (χ2v) is 9.12. The van der Waals surface area contributed by atoms with E-state index in [1.807, 2.05) is 41.8 Å². The molecule has 4 rings (SSSR count). The molecule has 0 bridgehead atoms. The summed E-state index contributed by atoms with van der Waals surface area (Å²) in [5.41, 5.74) is 9.08. The van der Waals surface area contributed by atoms with E-state index in [1.54, 1.807) is 24.2 Å². The third-order valence-corrected chi connectivity index (χ3v) is 6.82. The maximum Gasteiger partial charge on any atom is 0.269 e. The topological polar surface area (TPSA) is 103 Å². The Hall–Kier alpha value is -3.28. The van der Waals surface area contributed by atoms with E-state index in [1.165, 1.54) is 12.8 Å². The van der Waals surface area contributed by atoms with Crippen LogP contribution in [0.15, 0.2) is 47.9 Å². The number of aromatic nitrogens is 3. The molecule has 0 saturated heterocycles. The number of nitrogens with zero attached hydrogens (tertiary/aromatic N) is 3. The predicted octanol–water partition coefficient (Wildman–Crippen LogP) is 3.63. The number of hydrogen-bond acceptors (Lipinski definition) is 6. The summed E-state index contributed by atoms with van der Waals surface area (Å²) in [6.07, 6.45) is 8.14. The SMILES string of the molecule is Cc1cc(OCc2c(C(N)=O)nc(SC3CCCC3)n2-c2cccnc2)ccc1C#CCO. The number of amides is 1. The number of imidazole rings is 1. The number of benzene rings is 1. The van der Waals surface area contributed by atoms with Gasteiger partial charge in [-0.2, -0.15) is 0 Å². The molecule has 0 atom stereocenters. The number of aliphatic hydroxyl groups is 1. The maximum absolute atomic E-state index is 12.3. The van der Waals surface area contributed by atoms with Crippen molar-refractivity contribution in [3.05, 3.63) is 65.2 Å². The lowest BCUT2D eigenvalue weighted by molar-refractivity contribution is 0.0993. The van der Waals surface area contributed by atoms with Crippen molar-refractivity contribution in [3.63, 3.8) is 0 Å². The Kier molecular flexibility index (Phi) is 7.33. The number of aryl methyl sites for hydroxylation is 1. The van der Waals surface area contributed by atoms with Crippen molar-refractivity contribution >= 4 is 17.7 Å². The molecule has 1 amide bonds. The number of hydrogen-bond donors (Lipinski definition) is 2. The van der Waals surface area contributed by atoms with Gasteiger partial charge in [-0.25, -0.2) is 4.98 Å². The van der Waals surface area contributed by atoms with Crippen LogP contribution >= 0.6 is 11.8 Å². The van der Waals surface area contributed by atoms with Crippen LogP contribution in [0, 0.1) is 18.8 Å². The third kappa shape index (κ3) is 5.38. The van der Waals surface area contributed by atoms with Crippen molar-refractivity contribution in [3.8, 4) is 23.3 Å². The summed E-state index contributed by atoms with van der Waals surface area (Å²) in [6, 6.07) is 9.33. The zero-order chi connectivity index (χ0) is 23.2. The monoisotopic (exact) mass is 462 g/mol. The smallest absolute Gasteiger partial charge is 0.269 e. The van der Waals surface area contributed by atoms with E-state index in [0.717, 1.165) is 34.8 Å². The van der Waals surface area contributed by atoms with Crippen molar-refractivity contribution in [2.45, 2.75) is 49.6 Å². The minimum atomic E-state index is -0.588. The number of carbonyl (C=O) groups excluding carboxylic acids is 1. The second kappa shape index (κ2) is 10.6. The highest BCUT2D eigenvalue weighted by Crippen LogP contribution is 2.36. The van der Waals surface area contributed by atoms with Crippen molar-refractivity contribution in [1.29, 1.82) is 0 Å². The fourth-order valence-corrected chi connectivity index (χ4v) is 5.23. The Labute approximate surface area is 197 Å². The molecule has 1 aliphatic carbocycles. The molecule has 33 heavy (non-hydrogen) atoms. The van der Waals surface area contributed by atoms with Gasteiger partial charge in [0.1, 0.15) is 19.0 Å². The standard InChI is InChI=1S/C25H26N4O3S/c1-17-14-20(11-10-18(17)6-5-13-30)32-16-22-23(24(26)31)28-25(33-21-8-2-3-9-21)29(22)19-7-4-12-27-15-19/h4,7,10-12,14-15,21,30H,2-3,8-9,13,16H2,1H3,(H2,26,31). The molecule has 3 N–H and O–H groups in total. The molecule has 1 aromatic carbocycles. The number of aliphatic hydroxyl groups excluding tert-OH is 1. The highest BCUT2D eigenvalue weighted by atomic mass is 32.2. The molecule has 0 spiro atoms. The molecular weight excluding hydrogens is 436 g/mol. The van der Waals surface area contributed by atoms with Gasteiger partial charge in [-0.3, -0.25) is 14.3 Å². The molecule has 1 aliphatic rings. The lowest BCUT2D eigenvalue weighted by Crippen LogP contribution is -2.16. The van der Waals surface area contributed by atoms with Gasteiger partial charge >= 0.3 is 0 Å². The summed E-state index contributed by atoms with van der Waals surface area (Å²) in [5, 5.41) is 10.1. The van der Waals surface area contributed by atoms with Crippen LogP contribution in [-0.4, -0.2) is 37.4 Å². The van der Waals surface area contributed by atoms with Gasteiger partial charge in [0.05, 0.1) is 17.6 Å². The molecule has 170 valence electrons. The Morgan fingerprint density at radius 3 is 2.82 bits per heavy atom. The van der Waals surface area contributed by atoms with Crippen LogP contribution in [0.3, 0.4) is 0 Å². The Morgan fingerprint density at radius 1 is 1.33 bits per heavy atom. The van der Waals surface area contributed by atoms with Crippen molar-refractivity contribution in [2.24, 2.45) is 5.73 Å². The first-order chi connectivity index (χ1) is 16.1. The molecule has 0 aliphatic heterocycles. The number of rotatable bonds is 7. The number of ether oxygens (including phenoxy) is 1. The van der Waals surface area contributed by atoms with E-state index in [4.69, 9.17) is 15.6 Å². The lowest BCUT2D eigenvalue weighted by atomic mass is 10.1. The minimum absolute atomic E-state index is 0.118. The van der Waals surface area contributed by atoms with E-state index in [-0.39, 0.29) is 18.9 Å². The molecule has 8 heteroatoms. The summed E-state index contributed by atoms with van der Waals surface area (Å²) >= 11 is 1.68. The van der Waals surface area contributed by atoms with E-state index in [2.05, 4.69) is 21.8 Å². The number of pyridine rings is 1. The first kappa shape index (κ1) is 22.9. The molecule has 0 radical (unpaired) electrons. The summed E-state index contributed by atoms with van der Waals surface area (Å²) in [4.78, 5) is 21.2. The molecule has 0 unspecified atom stereocenters. The first-order valence-corrected chi connectivity index (χ1v) is 11.8. The van der Waals surface area contributed by atoms with Gasteiger partial charge in [-0.05, 0) is 55.7 Å². The van der Waals surface area contributed by atoms with Crippen molar-refractivity contribution in [2.75, 3.05) is 6.61 Å². The van der Waals surface area contributed by atoms with Gasteiger partial charge in [0, 0.05) is 17.0 Å². The molecule has 1 fully saturated rings. The van der Waals surface area contributed by atoms with Crippen LogP contribution in [0.4, 0.5) is 0 Å². The van der Waals surface area contributed by atoms with Gasteiger partial charge in [-0.1, -0.05) is 36.4 Å². The normalized spacial score (nSPS) is 13.5. The van der Waals surface area contributed by atoms with Gasteiger partial charge in [0.25, 0.3) is 5.91 Å². The van der Waals surface area contributed by atoms with Crippen LogP contribution in [0.2, 0.25) is 0 Å². The lowest BCUT2D eigenvalue weighted by Gasteiger charge is -2.15. The fourth-order valence-electron chi connectivity index (χ4n) is 3.90. The zero-order valence-electron chi connectivity index (χ0n) is 18.5. The van der Waals surface area contributed by atoms with Gasteiger partial charge < -0.3 is 15.6 Å². The second-order valence-electron chi connectivity index (χ2n) is 7.85. The van der Waals surface area contributed by atoms with E-state index < -0.39 is 5.91 Å². The average Bonchev–Trinajstić information content (AvgIpc) is 3.46. The van der Waals surface area contributed by atoms with Gasteiger partial charge in [0.15, 0.2) is 10.9 Å². The Balaban J connectivity index is 1.68. The van der Waals surface area contributed by atoms with E-state index in [9.17, 15) is 4.79 Å². The number of nitrogens with two attached hydrogens (primary N) is 1. The molecule has 2 aromatic heterocycles. The third-order valence-electron chi connectivity index (χ3n) is 5.53. The largest absolute Gasteiger partial charge is 0.487 e. The molecular formula is C25H26N4O3S. The predicted molar refractivity (Wildman–Crippen MR) is 127 cm³/mol. The highest BCUT2D eigenvalue weighted by molar-refractivity contribution is 7.99. The fraction of sp³-hybridized carbons (Fsp3) is 0.320.